The van der Waals surface area contributed by atoms with Gasteiger partial charge < -0.3 is 24.3 Å². The van der Waals surface area contributed by atoms with Gasteiger partial charge in [0.2, 0.25) is 5.91 Å². The summed E-state index contributed by atoms with van der Waals surface area (Å²) >= 11 is 0. The van der Waals surface area contributed by atoms with E-state index in [1.165, 1.54) is 12.1 Å². The molecule has 2 amide bonds. The quantitative estimate of drug-likeness (QED) is 0.570. The molecule has 0 radical (unpaired) electrons. The van der Waals surface area contributed by atoms with Crippen molar-refractivity contribution in [2.75, 3.05) is 20.2 Å². The van der Waals surface area contributed by atoms with E-state index in [9.17, 15) is 14.0 Å². The summed E-state index contributed by atoms with van der Waals surface area (Å²) in [5.74, 6) is 0.245. The van der Waals surface area contributed by atoms with E-state index >= 15 is 0 Å². The topological polar surface area (TPSA) is 85.7 Å². The van der Waals surface area contributed by atoms with Crippen LogP contribution in [0.15, 0.2) is 54.9 Å². The largest absolute Gasteiger partial charge is 0.497 e. The smallest absolute Gasteiger partial charge is 0.274 e. The highest BCUT2D eigenvalue weighted by Gasteiger charge is 2.32. The van der Waals surface area contributed by atoms with Crippen molar-refractivity contribution >= 4 is 11.8 Å². The first-order valence-corrected chi connectivity index (χ1v) is 12.1. The van der Waals surface area contributed by atoms with Crippen LogP contribution in [0.4, 0.5) is 4.39 Å². The Morgan fingerprint density at radius 3 is 2.53 bits per heavy atom. The van der Waals surface area contributed by atoms with Crippen molar-refractivity contribution < 1.29 is 23.5 Å². The van der Waals surface area contributed by atoms with Crippen LogP contribution in [0.3, 0.4) is 0 Å². The highest BCUT2D eigenvalue weighted by molar-refractivity contribution is 5.93. The van der Waals surface area contributed by atoms with E-state index in [0.717, 1.165) is 22.6 Å². The van der Waals surface area contributed by atoms with Crippen LogP contribution in [-0.4, -0.2) is 46.5 Å². The zero-order chi connectivity index (χ0) is 25.1. The molecule has 2 aromatic carbocycles. The van der Waals surface area contributed by atoms with Crippen LogP contribution in [0.25, 0.3) is 0 Å². The number of hydrogen-bond acceptors (Lipinski definition) is 5. The Kier molecular flexibility index (Phi) is 6.99. The van der Waals surface area contributed by atoms with Crippen molar-refractivity contribution in [2.24, 2.45) is 5.92 Å². The number of nitrogens with zero attached hydrogens (tertiary/aromatic N) is 3. The fraction of sp³-hybridized carbons (Fsp3) is 0.370. The van der Waals surface area contributed by atoms with Gasteiger partial charge >= 0.3 is 0 Å². The van der Waals surface area contributed by atoms with Crippen LogP contribution in [-0.2, 0) is 29.2 Å². The van der Waals surface area contributed by atoms with E-state index in [2.05, 4.69) is 10.3 Å². The Bertz CT molecular complexity index is 1220. The zero-order valence-corrected chi connectivity index (χ0v) is 20.2. The molecule has 0 bridgehead atoms. The molecule has 1 fully saturated rings. The standard InChI is InChI=1S/C27H29FN4O4/c1-35-22-8-2-18(3-9-22)14-29-26(33)20-10-12-31(13-11-20)27(34)25-23-16-36-24(15-32(23)17-30-25)19-4-6-21(28)7-5-19/h2-9,17,20,24H,10-16H2,1H3,(H,29,33)/t24-/m1/s1. The van der Waals surface area contributed by atoms with Gasteiger partial charge in [-0.1, -0.05) is 24.3 Å². The summed E-state index contributed by atoms with van der Waals surface area (Å²) in [4.78, 5) is 32.0. The van der Waals surface area contributed by atoms with Crippen LogP contribution in [0.1, 0.15) is 46.3 Å². The molecule has 2 aliphatic rings. The van der Waals surface area contributed by atoms with Gasteiger partial charge in [-0.3, -0.25) is 9.59 Å². The van der Waals surface area contributed by atoms with Gasteiger partial charge in [-0.05, 0) is 48.2 Å². The second-order valence-corrected chi connectivity index (χ2v) is 9.18. The van der Waals surface area contributed by atoms with Gasteiger partial charge in [0.05, 0.1) is 32.3 Å². The molecule has 0 saturated carbocycles. The molecular formula is C27H29FN4O4. The molecule has 1 N–H and O–H groups in total. The number of carbonyl (C=O) groups is 2. The third-order valence-electron chi connectivity index (χ3n) is 6.95. The summed E-state index contributed by atoms with van der Waals surface area (Å²) in [6.45, 7) is 2.24. The number of hydrogen-bond donors (Lipinski definition) is 1. The molecule has 0 aliphatic carbocycles. The number of nitrogens with one attached hydrogen (secondary N) is 1. The van der Waals surface area contributed by atoms with Gasteiger partial charge in [-0.2, -0.15) is 0 Å². The van der Waals surface area contributed by atoms with E-state index in [4.69, 9.17) is 9.47 Å². The number of imidazole rings is 1. The number of fused-ring (bicyclic) bond motifs is 1. The number of ether oxygens (including phenoxy) is 2. The maximum absolute atomic E-state index is 13.2. The number of carbonyl (C=O) groups excluding carboxylic acids is 2. The molecule has 2 aliphatic heterocycles. The predicted molar refractivity (Wildman–Crippen MR) is 130 cm³/mol. The van der Waals surface area contributed by atoms with Gasteiger partial charge in [0.25, 0.3) is 5.91 Å². The normalized spacial score (nSPS) is 17.9. The van der Waals surface area contributed by atoms with Crippen molar-refractivity contribution in [3.63, 3.8) is 0 Å². The highest BCUT2D eigenvalue weighted by atomic mass is 19.1. The van der Waals surface area contributed by atoms with E-state index < -0.39 is 0 Å². The van der Waals surface area contributed by atoms with Crippen molar-refractivity contribution in [3.05, 3.63) is 83.2 Å². The Hall–Kier alpha value is -3.72. The maximum atomic E-state index is 13.2. The second kappa shape index (κ2) is 10.5. The lowest BCUT2D eigenvalue weighted by Crippen LogP contribution is -2.43. The number of likely N-dealkylation sites (tertiary alicyclic amines) is 1. The molecule has 36 heavy (non-hydrogen) atoms. The molecule has 1 saturated heterocycles. The van der Waals surface area contributed by atoms with Crippen LogP contribution in [0.2, 0.25) is 0 Å². The average Bonchev–Trinajstić information content (AvgIpc) is 3.35. The monoisotopic (exact) mass is 492 g/mol. The van der Waals surface area contributed by atoms with Gasteiger partial charge in [0, 0.05) is 25.6 Å². The number of rotatable bonds is 6. The summed E-state index contributed by atoms with van der Waals surface area (Å²) in [7, 11) is 1.62. The minimum absolute atomic E-state index is 0.0116. The van der Waals surface area contributed by atoms with E-state index in [1.54, 1.807) is 30.5 Å². The zero-order valence-electron chi connectivity index (χ0n) is 20.2. The minimum Gasteiger partial charge on any atom is -0.497 e. The molecule has 1 atom stereocenters. The third kappa shape index (κ3) is 5.11. The van der Waals surface area contributed by atoms with Crippen molar-refractivity contribution in [1.82, 2.24) is 19.8 Å². The maximum Gasteiger partial charge on any atom is 0.274 e. The first kappa shape index (κ1) is 24.0. The Morgan fingerprint density at radius 2 is 1.83 bits per heavy atom. The molecule has 1 aromatic heterocycles. The summed E-state index contributed by atoms with van der Waals surface area (Å²) < 4.78 is 26.3. The second-order valence-electron chi connectivity index (χ2n) is 9.18. The molecular weight excluding hydrogens is 463 g/mol. The molecule has 0 spiro atoms. The Morgan fingerprint density at radius 1 is 1.11 bits per heavy atom. The molecule has 9 heteroatoms. The average molecular weight is 493 g/mol. The summed E-state index contributed by atoms with van der Waals surface area (Å²) in [6, 6.07) is 13.9. The van der Waals surface area contributed by atoms with Crippen LogP contribution in [0.5, 0.6) is 5.75 Å². The number of aromatic nitrogens is 2. The lowest BCUT2D eigenvalue weighted by molar-refractivity contribution is -0.126. The van der Waals surface area contributed by atoms with Gasteiger partial charge in [0.1, 0.15) is 17.7 Å². The molecule has 3 aromatic rings. The van der Waals surface area contributed by atoms with E-state index in [0.29, 0.717) is 44.7 Å². The van der Waals surface area contributed by atoms with E-state index in [-0.39, 0.29) is 36.3 Å². The van der Waals surface area contributed by atoms with Gasteiger partial charge in [-0.25, -0.2) is 9.37 Å². The SMILES string of the molecule is COc1ccc(CNC(=O)C2CCN(C(=O)c3ncn4c3CO[C@@H](c3ccc(F)cc3)C4)CC2)cc1. The number of methoxy groups -OCH3 is 1. The van der Waals surface area contributed by atoms with Crippen molar-refractivity contribution in [2.45, 2.75) is 38.6 Å². The molecule has 8 nitrogen and oxygen atoms in total. The number of halogens is 1. The van der Waals surface area contributed by atoms with Crippen molar-refractivity contribution in [1.29, 1.82) is 0 Å². The minimum atomic E-state index is -0.288. The fourth-order valence-electron chi connectivity index (χ4n) is 4.76. The molecule has 0 unspecified atom stereocenters. The molecule has 188 valence electrons. The lowest BCUT2D eigenvalue weighted by Gasteiger charge is -2.31. The van der Waals surface area contributed by atoms with Crippen molar-refractivity contribution in [3.8, 4) is 5.75 Å². The molecule has 5 rings (SSSR count). The predicted octanol–water partition coefficient (Wildman–Crippen LogP) is 3.47. The summed E-state index contributed by atoms with van der Waals surface area (Å²) in [5, 5.41) is 3.00. The lowest BCUT2D eigenvalue weighted by atomic mass is 9.95. The number of piperidine rings is 1. The number of amides is 2. The van der Waals surface area contributed by atoms with E-state index in [1.807, 2.05) is 28.8 Å². The fourth-order valence-corrected chi connectivity index (χ4v) is 4.76. The Labute approximate surface area is 209 Å². The summed E-state index contributed by atoms with van der Waals surface area (Å²) in [5.41, 5.74) is 3.04. The third-order valence-corrected chi connectivity index (χ3v) is 6.95. The molecule has 3 heterocycles. The summed E-state index contributed by atoms with van der Waals surface area (Å²) in [6.07, 6.45) is 2.67. The van der Waals surface area contributed by atoms with Gasteiger partial charge in [0.15, 0.2) is 5.69 Å². The first-order chi connectivity index (χ1) is 17.5. The van der Waals surface area contributed by atoms with Crippen LogP contribution < -0.4 is 10.1 Å². The number of benzene rings is 2. The van der Waals surface area contributed by atoms with Gasteiger partial charge in [-0.15, -0.1) is 0 Å². The van der Waals surface area contributed by atoms with Crippen LogP contribution in [0, 0.1) is 11.7 Å². The highest BCUT2D eigenvalue weighted by Crippen LogP contribution is 2.29. The first-order valence-electron chi connectivity index (χ1n) is 12.1. The Balaban J connectivity index is 1.14. The van der Waals surface area contributed by atoms with Crippen LogP contribution >= 0.6 is 0 Å².